The topological polar surface area (TPSA) is 82.8 Å². The van der Waals surface area contributed by atoms with Crippen LogP contribution in [0.15, 0.2) is 0 Å². The molecule has 5 saturated carbocycles. The fraction of sp³-hybridized carbons (Fsp3) is 0.952. The van der Waals surface area contributed by atoms with Gasteiger partial charge in [-0.3, -0.25) is 4.79 Å². The third kappa shape index (κ3) is 3.22. The van der Waals surface area contributed by atoms with Crippen molar-refractivity contribution < 1.29 is 19.3 Å². The van der Waals surface area contributed by atoms with Crippen molar-refractivity contribution in [3.05, 3.63) is 0 Å². The summed E-state index contributed by atoms with van der Waals surface area (Å²) in [6, 6.07) is 0. The molecule has 6 rings (SSSR count). The van der Waals surface area contributed by atoms with E-state index in [2.05, 4.69) is 5.32 Å². The largest absolute Gasteiger partial charge is 0.356 e. The van der Waals surface area contributed by atoms with Crippen LogP contribution in [0.4, 0.5) is 0 Å². The van der Waals surface area contributed by atoms with Crippen LogP contribution in [0.3, 0.4) is 0 Å². The molecule has 0 aromatic heterocycles. The van der Waals surface area contributed by atoms with Gasteiger partial charge in [0, 0.05) is 37.6 Å². The van der Waals surface area contributed by atoms with E-state index < -0.39 is 11.6 Å². The van der Waals surface area contributed by atoms with Gasteiger partial charge in [-0.2, -0.15) is 9.78 Å². The lowest BCUT2D eigenvalue weighted by Crippen LogP contribution is -2.59. The SMILES string of the molecule is NCCCNC(=O)CC1CCC2(CC1)OOC1(O2)C2CC3CC(C2)CC1C3. The van der Waals surface area contributed by atoms with Crippen LogP contribution in [0.1, 0.15) is 70.6 Å². The van der Waals surface area contributed by atoms with Crippen LogP contribution < -0.4 is 11.1 Å². The molecule has 6 nitrogen and oxygen atoms in total. The molecule has 0 atom stereocenters. The molecule has 0 unspecified atom stereocenters. The number of nitrogens with two attached hydrogens (primary N) is 1. The quantitative estimate of drug-likeness (QED) is 0.568. The average Bonchev–Trinajstić information content (AvgIpc) is 3.02. The smallest absolute Gasteiger partial charge is 0.220 e. The van der Waals surface area contributed by atoms with Crippen LogP contribution >= 0.6 is 0 Å². The first-order valence-corrected chi connectivity index (χ1v) is 11.1. The standard InChI is InChI=1S/C21H34N2O4/c22-6-1-7-23-19(24)13-14-2-4-20(5-3-14)25-21(27-26-20)17-9-15-8-16(11-17)12-18(21)10-15/h14-18H,1-13,22H2,(H,23,24). The molecule has 6 aliphatic rings. The number of ether oxygens (including phenoxy) is 1. The number of rotatable bonds is 5. The first-order valence-electron chi connectivity index (χ1n) is 11.1. The van der Waals surface area contributed by atoms with E-state index in [-0.39, 0.29) is 5.91 Å². The van der Waals surface area contributed by atoms with E-state index in [1.165, 1.54) is 32.1 Å². The molecular weight excluding hydrogens is 344 g/mol. The maximum Gasteiger partial charge on any atom is 0.220 e. The van der Waals surface area contributed by atoms with Crippen molar-refractivity contribution in [1.29, 1.82) is 0 Å². The van der Waals surface area contributed by atoms with Gasteiger partial charge in [0.15, 0.2) is 0 Å². The van der Waals surface area contributed by atoms with E-state index in [0.717, 1.165) is 43.9 Å². The fourth-order valence-corrected chi connectivity index (χ4v) is 6.78. The van der Waals surface area contributed by atoms with Crippen molar-refractivity contribution in [2.24, 2.45) is 35.3 Å². The maximum absolute atomic E-state index is 12.1. The van der Waals surface area contributed by atoms with Gasteiger partial charge in [-0.15, -0.1) is 0 Å². The van der Waals surface area contributed by atoms with E-state index in [9.17, 15) is 4.79 Å². The molecule has 1 amide bonds. The Morgan fingerprint density at radius 1 is 1.00 bits per heavy atom. The summed E-state index contributed by atoms with van der Waals surface area (Å²) < 4.78 is 6.73. The Bertz CT molecular complexity index is 545. The Kier molecular flexibility index (Phi) is 4.74. The molecule has 6 fully saturated rings. The summed E-state index contributed by atoms with van der Waals surface area (Å²) in [5, 5.41) is 2.97. The minimum atomic E-state index is -0.568. The number of nitrogens with one attached hydrogen (secondary N) is 1. The molecule has 1 heterocycles. The third-order valence-corrected chi connectivity index (χ3v) is 7.99. The van der Waals surface area contributed by atoms with Crippen molar-refractivity contribution in [3.8, 4) is 0 Å². The molecule has 5 aliphatic carbocycles. The van der Waals surface area contributed by atoms with Crippen molar-refractivity contribution in [2.75, 3.05) is 13.1 Å². The van der Waals surface area contributed by atoms with Crippen LogP contribution in [0.5, 0.6) is 0 Å². The molecule has 6 heteroatoms. The highest BCUT2D eigenvalue weighted by molar-refractivity contribution is 5.76. The molecule has 1 aliphatic heterocycles. The molecule has 0 aromatic rings. The van der Waals surface area contributed by atoms with Crippen molar-refractivity contribution >= 4 is 5.91 Å². The van der Waals surface area contributed by atoms with Crippen molar-refractivity contribution in [1.82, 2.24) is 5.32 Å². The van der Waals surface area contributed by atoms with Gasteiger partial charge in [0.2, 0.25) is 17.5 Å². The zero-order chi connectivity index (χ0) is 18.5. The van der Waals surface area contributed by atoms with E-state index >= 15 is 0 Å². The van der Waals surface area contributed by atoms with E-state index in [4.69, 9.17) is 20.2 Å². The van der Waals surface area contributed by atoms with Gasteiger partial charge >= 0.3 is 0 Å². The fourth-order valence-electron chi connectivity index (χ4n) is 6.78. The second-order valence-electron chi connectivity index (χ2n) is 9.84. The summed E-state index contributed by atoms with van der Waals surface area (Å²) in [4.78, 5) is 24.1. The Balaban J connectivity index is 1.16. The highest BCUT2D eigenvalue weighted by Crippen LogP contribution is 2.63. The van der Waals surface area contributed by atoms with Gasteiger partial charge in [-0.1, -0.05) is 0 Å². The normalized spacial score (nSPS) is 47.8. The zero-order valence-corrected chi connectivity index (χ0v) is 16.3. The number of hydrogen-bond donors (Lipinski definition) is 2. The second-order valence-corrected chi connectivity index (χ2v) is 9.84. The zero-order valence-electron chi connectivity index (χ0n) is 16.3. The van der Waals surface area contributed by atoms with E-state index in [1.54, 1.807) is 0 Å². The van der Waals surface area contributed by atoms with E-state index in [1.807, 2.05) is 0 Å². The van der Waals surface area contributed by atoms with Crippen LogP contribution in [0, 0.1) is 29.6 Å². The second kappa shape index (κ2) is 6.97. The lowest BCUT2D eigenvalue weighted by atomic mass is 9.53. The molecule has 152 valence electrons. The highest BCUT2D eigenvalue weighted by atomic mass is 17.3. The average molecular weight is 379 g/mol. The molecule has 27 heavy (non-hydrogen) atoms. The van der Waals surface area contributed by atoms with Gasteiger partial charge in [0.25, 0.3) is 0 Å². The van der Waals surface area contributed by atoms with Crippen LogP contribution in [0.2, 0.25) is 0 Å². The van der Waals surface area contributed by atoms with Gasteiger partial charge in [-0.05, 0) is 75.7 Å². The molecule has 0 radical (unpaired) electrons. The van der Waals surface area contributed by atoms with Gasteiger partial charge in [-0.25, -0.2) is 0 Å². The Morgan fingerprint density at radius 3 is 2.30 bits per heavy atom. The lowest BCUT2D eigenvalue weighted by molar-refractivity contribution is -0.390. The molecule has 3 N–H and O–H groups in total. The summed E-state index contributed by atoms with van der Waals surface area (Å²) in [6.07, 6.45) is 11.4. The molecule has 1 saturated heterocycles. The predicted octanol–water partition coefficient (Wildman–Crippen LogP) is 2.86. The third-order valence-electron chi connectivity index (χ3n) is 7.99. The molecular formula is C21H34N2O4. The Hall–Kier alpha value is -0.690. The van der Waals surface area contributed by atoms with Crippen LogP contribution in [0.25, 0.3) is 0 Å². The Labute approximate surface area is 161 Å². The number of carbonyl (C=O) groups is 1. The lowest BCUT2D eigenvalue weighted by Gasteiger charge is -2.57. The summed E-state index contributed by atoms with van der Waals surface area (Å²) in [7, 11) is 0. The summed E-state index contributed by atoms with van der Waals surface area (Å²) >= 11 is 0. The minimum absolute atomic E-state index is 0.145. The monoisotopic (exact) mass is 378 g/mol. The van der Waals surface area contributed by atoms with Crippen LogP contribution in [-0.4, -0.2) is 30.6 Å². The molecule has 4 bridgehead atoms. The van der Waals surface area contributed by atoms with Gasteiger partial charge in [0.05, 0.1) is 0 Å². The first-order chi connectivity index (χ1) is 13.1. The highest BCUT2D eigenvalue weighted by Gasteiger charge is 2.66. The molecule has 0 aromatic carbocycles. The number of carbonyl (C=O) groups excluding carboxylic acids is 1. The minimum Gasteiger partial charge on any atom is -0.356 e. The number of hydrogen-bond acceptors (Lipinski definition) is 5. The van der Waals surface area contributed by atoms with Crippen molar-refractivity contribution in [2.45, 2.75) is 82.2 Å². The maximum atomic E-state index is 12.1. The Morgan fingerprint density at radius 2 is 1.67 bits per heavy atom. The number of amides is 1. The summed E-state index contributed by atoms with van der Waals surface area (Å²) in [5.41, 5.74) is 5.48. The first kappa shape index (κ1) is 18.3. The predicted molar refractivity (Wildman–Crippen MR) is 99.0 cm³/mol. The van der Waals surface area contributed by atoms with Crippen LogP contribution in [-0.2, 0) is 19.3 Å². The van der Waals surface area contributed by atoms with Crippen molar-refractivity contribution in [3.63, 3.8) is 0 Å². The van der Waals surface area contributed by atoms with Gasteiger partial charge < -0.3 is 15.8 Å². The summed E-state index contributed by atoms with van der Waals surface area (Å²) in [6.45, 7) is 1.30. The van der Waals surface area contributed by atoms with Gasteiger partial charge in [0.1, 0.15) is 0 Å². The summed E-state index contributed by atoms with van der Waals surface area (Å²) in [5.74, 6) is 2.31. The van der Waals surface area contributed by atoms with E-state index in [0.29, 0.717) is 37.3 Å². The molecule has 2 spiro atoms.